The van der Waals surface area contributed by atoms with E-state index in [2.05, 4.69) is 44.0 Å². The summed E-state index contributed by atoms with van der Waals surface area (Å²) in [6.07, 6.45) is -0.0646. The van der Waals surface area contributed by atoms with Crippen LogP contribution in [0.3, 0.4) is 0 Å². The molecule has 0 radical (unpaired) electrons. The van der Waals surface area contributed by atoms with Crippen molar-refractivity contribution in [3.8, 4) is 0 Å². The Labute approximate surface area is 195 Å². The number of likely N-dealkylation sites (tertiary alicyclic amines) is 1. The summed E-state index contributed by atoms with van der Waals surface area (Å²) in [4.78, 5) is 28.5. The summed E-state index contributed by atoms with van der Waals surface area (Å²) in [6, 6.07) is 10.7. The van der Waals surface area contributed by atoms with Crippen LogP contribution < -0.4 is 5.32 Å². The van der Waals surface area contributed by atoms with E-state index in [1.165, 1.54) is 5.56 Å². The Hall–Kier alpha value is -2.92. The zero-order chi connectivity index (χ0) is 24.9. The van der Waals surface area contributed by atoms with Crippen LogP contribution in [0.1, 0.15) is 38.1 Å². The number of alkyl halides is 3. The van der Waals surface area contributed by atoms with Crippen molar-refractivity contribution >= 4 is 11.9 Å². The minimum absolute atomic E-state index is 0.0320. The first-order valence-electron chi connectivity index (χ1n) is 11.1. The third kappa shape index (κ3) is 6.35. The van der Waals surface area contributed by atoms with E-state index in [1.54, 1.807) is 0 Å². The number of aliphatic carboxylic acids is 1. The number of benzene rings is 1. The molecule has 1 fully saturated rings. The topological polar surface area (TPSA) is 96.7 Å². The largest absolute Gasteiger partial charge is 0.490 e. The summed E-state index contributed by atoms with van der Waals surface area (Å²) in [5.74, 6) is -1.82. The van der Waals surface area contributed by atoms with Crippen molar-refractivity contribution in [3.05, 3.63) is 54.1 Å². The Morgan fingerprint density at radius 1 is 1.24 bits per heavy atom. The molecule has 1 unspecified atom stereocenters. The molecule has 2 N–H and O–H groups in total. The van der Waals surface area contributed by atoms with Crippen molar-refractivity contribution in [2.45, 2.75) is 63.7 Å². The number of nitrogens with zero attached hydrogens (tertiary/aromatic N) is 3. The van der Waals surface area contributed by atoms with E-state index in [0.29, 0.717) is 6.54 Å². The molecule has 1 amide bonds. The SMILES string of the molecule is CC(C)NC(=O)C1Cn2ccnc2C2(CCN(Cc3ccccc3)CC2)O1.O=C(O)C(F)(F)F. The van der Waals surface area contributed by atoms with Crippen LogP contribution in [0.15, 0.2) is 42.7 Å². The monoisotopic (exact) mass is 482 g/mol. The summed E-state index contributed by atoms with van der Waals surface area (Å²) in [7, 11) is 0. The third-order valence-corrected chi connectivity index (χ3v) is 5.73. The number of aromatic nitrogens is 2. The van der Waals surface area contributed by atoms with Gasteiger partial charge in [-0.3, -0.25) is 9.69 Å². The molecule has 0 bridgehead atoms. The fourth-order valence-electron chi connectivity index (χ4n) is 4.17. The average Bonchev–Trinajstić information content (AvgIpc) is 3.25. The summed E-state index contributed by atoms with van der Waals surface area (Å²) in [5.41, 5.74) is 0.863. The molecule has 186 valence electrons. The molecule has 0 saturated carbocycles. The van der Waals surface area contributed by atoms with Crippen molar-refractivity contribution in [2.24, 2.45) is 0 Å². The first-order valence-corrected chi connectivity index (χ1v) is 11.1. The van der Waals surface area contributed by atoms with Crippen LogP contribution in [0, 0.1) is 0 Å². The van der Waals surface area contributed by atoms with Crippen LogP contribution >= 0.6 is 0 Å². The van der Waals surface area contributed by atoms with Crippen LogP contribution in [0.4, 0.5) is 13.2 Å². The number of halogens is 3. The minimum atomic E-state index is -5.08. The average molecular weight is 483 g/mol. The molecule has 1 saturated heterocycles. The Balaban J connectivity index is 0.000000406. The zero-order valence-corrected chi connectivity index (χ0v) is 19.1. The lowest BCUT2D eigenvalue weighted by Crippen LogP contribution is -2.54. The van der Waals surface area contributed by atoms with Gasteiger partial charge in [-0.1, -0.05) is 30.3 Å². The van der Waals surface area contributed by atoms with Crippen molar-refractivity contribution in [1.29, 1.82) is 0 Å². The van der Waals surface area contributed by atoms with Gasteiger partial charge in [-0.05, 0) is 32.3 Å². The van der Waals surface area contributed by atoms with Gasteiger partial charge in [0.25, 0.3) is 5.91 Å². The van der Waals surface area contributed by atoms with Crippen molar-refractivity contribution < 1.29 is 32.6 Å². The number of carbonyl (C=O) groups is 2. The van der Waals surface area contributed by atoms with E-state index >= 15 is 0 Å². The summed E-state index contributed by atoms with van der Waals surface area (Å²) in [6.45, 7) is 7.29. The number of carbonyl (C=O) groups excluding carboxylic acids is 1. The Morgan fingerprint density at radius 2 is 1.85 bits per heavy atom. The molecule has 2 aliphatic rings. The molecule has 1 aromatic heterocycles. The Bertz CT molecular complexity index is 970. The first-order chi connectivity index (χ1) is 16.0. The second-order valence-electron chi connectivity index (χ2n) is 8.73. The Morgan fingerprint density at radius 3 is 2.41 bits per heavy atom. The highest BCUT2D eigenvalue weighted by molar-refractivity contribution is 5.81. The maximum atomic E-state index is 12.6. The lowest BCUT2D eigenvalue weighted by atomic mass is 9.88. The molecule has 0 aliphatic carbocycles. The normalized spacial score (nSPS) is 19.8. The maximum absolute atomic E-state index is 12.6. The lowest BCUT2D eigenvalue weighted by molar-refractivity contribution is -0.192. The highest BCUT2D eigenvalue weighted by Gasteiger charge is 2.47. The van der Waals surface area contributed by atoms with E-state index in [-0.39, 0.29) is 11.9 Å². The molecule has 2 aliphatic heterocycles. The lowest BCUT2D eigenvalue weighted by Gasteiger charge is -2.45. The molecule has 2 aromatic rings. The van der Waals surface area contributed by atoms with E-state index in [4.69, 9.17) is 14.6 Å². The van der Waals surface area contributed by atoms with Gasteiger partial charge in [0.1, 0.15) is 11.4 Å². The van der Waals surface area contributed by atoms with Gasteiger partial charge in [0.05, 0.1) is 6.54 Å². The number of carboxylic acid groups (broad SMARTS) is 1. The Kier molecular flexibility index (Phi) is 7.98. The number of piperidine rings is 1. The number of hydrogen-bond acceptors (Lipinski definition) is 5. The van der Waals surface area contributed by atoms with Gasteiger partial charge < -0.3 is 19.7 Å². The van der Waals surface area contributed by atoms with Crippen LogP contribution in [-0.4, -0.2) is 62.8 Å². The van der Waals surface area contributed by atoms with Gasteiger partial charge in [0.2, 0.25) is 0 Å². The summed E-state index contributed by atoms with van der Waals surface area (Å²) < 4.78 is 40.3. The highest BCUT2D eigenvalue weighted by Crippen LogP contribution is 2.40. The van der Waals surface area contributed by atoms with Crippen LogP contribution in [-0.2, 0) is 33.0 Å². The van der Waals surface area contributed by atoms with E-state index < -0.39 is 23.9 Å². The van der Waals surface area contributed by atoms with Crippen LogP contribution in [0.2, 0.25) is 0 Å². The van der Waals surface area contributed by atoms with Gasteiger partial charge >= 0.3 is 12.1 Å². The molecular weight excluding hydrogens is 453 g/mol. The molecule has 8 nitrogen and oxygen atoms in total. The maximum Gasteiger partial charge on any atom is 0.490 e. The number of ether oxygens (including phenoxy) is 1. The number of rotatable bonds is 4. The standard InChI is InChI=1S/C21H28N4O2.C2HF3O2/c1-16(2)23-19(26)18-15-25-13-10-22-20(25)21(27-18)8-11-24(12-9-21)14-17-6-4-3-5-7-17;3-2(4,5)1(6)7/h3-7,10,13,16,18H,8-9,11-12,14-15H2,1-2H3,(H,23,26);(H,6,7). The first kappa shape index (κ1) is 25.7. The summed E-state index contributed by atoms with van der Waals surface area (Å²) >= 11 is 0. The van der Waals surface area contributed by atoms with Crippen molar-refractivity contribution in [2.75, 3.05) is 13.1 Å². The van der Waals surface area contributed by atoms with Crippen molar-refractivity contribution in [3.63, 3.8) is 0 Å². The molecule has 34 heavy (non-hydrogen) atoms. The zero-order valence-electron chi connectivity index (χ0n) is 19.1. The predicted octanol–water partition coefficient (Wildman–Crippen LogP) is 2.93. The number of carboxylic acids is 1. The molecule has 1 spiro atoms. The highest BCUT2D eigenvalue weighted by atomic mass is 19.4. The molecule has 11 heteroatoms. The number of hydrogen-bond donors (Lipinski definition) is 2. The molecule has 3 heterocycles. The van der Waals surface area contributed by atoms with Crippen LogP contribution in [0.5, 0.6) is 0 Å². The van der Waals surface area contributed by atoms with Gasteiger partial charge in [-0.15, -0.1) is 0 Å². The summed E-state index contributed by atoms with van der Waals surface area (Å²) in [5, 5.41) is 10.1. The molecule has 1 aromatic carbocycles. The molecular formula is C23H29F3N4O4. The van der Waals surface area contributed by atoms with Crippen LogP contribution in [0.25, 0.3) is 0 Å². The van der Waals surface area contributed by atoms with E-state index in [9.17, 15) is 18.0 Å². The third-order valence-electron chi connectivity index (χ3n) is 5.73. The second kappa shape index (κ2) is 10.6. The van der Waals surface area contributed by atoms with Gasteiger partial charge in [0, 0.05) is 38.1 Å². The molecule has 1 atom stereocenters. The van der Waals surface area contributed by atoms with Gasteiger partial charge in [-0.25, -0.2) is 9.78 Å². The second-order valence-corrected chi connectivity index (χ2v) is 8.73. The van der Waals surface area contributed by atoms with Crippen molar-refractivity contribution in [1.82, 2.24) is 19.8 Å². The smallest absolute Gasteiger partial charge is 0.475 e. The van der Waals surface area contributed by atoms with Gasteiger partial charge in [-0.2, -0.15) is 13.2 Å². The number of amides is 1. The number of fused-ring (bicyclic) bond motifs is 2. The fraction of sp³-hybridized carbons (Fsp3) is 0.522. The number of imidazole rings is 1. The molecule has 4 rings (SSSR count). The quantitative estimate of drug-likeness (QED) is 0.696. The predicted molar refractivity (Wildman–Crippen MR) is 117 cm³/mol. The minimum Gasteiger partial charge on any atom is -0.475 e. The number of nitrogens with one attached hydrogen (secondary N) is 1. The fourth-order valence-corrected chi connectivity index (χ4v) is 4.17. The van der Waals surface area contributed by atoms with E-state index in [1.807, 2.05) is 32.3 Å². The van der Waals surface area contributed by atoms with E-state index in [0.717, 1.165) is 38.3 Å². The van der Waals surface area contributed by atoms with Gasteiger partial charge in [0.15, 0.2) is 6.10 Å².